The first kappa shape index (κ1) is 12.0. The van der Waals surface area contributed by atoms with E-state index in [1.165, 1.54) is 56.5 Å². The van der Waals surface area contributed by atoms with Crippen molar-refractivity contribution >= 4 is 0 Å². The monoisotopic (exact) mass is 259 g/mol. The van der Waals surface area contributed by atoms with E-state index in [9.17, 15) is 0 Å². The Morgan fingerprint density at radius 3 is 2.89 bits per heavy atom. The van der Waals surface area contributed by atoms with Crippen LogP contribution in [0.15, 0.2) is 0 Å². The van der Waals surface area contributed by atoms with Crippen LogP contribution >= 0.6 is 0 Å². The Morgan fingerprint density at radius 1 is 1.32 bits per heavy atom. The van der Waals surface area contributed by atoms with Gasteiger partial charge in [0.05, 0.1) is 5.69 Å². The highest BCUT2D eigenvalue weighted by Gasteiger charge is 2.41. The molecule has 0 amide bonds. The van der Waals surface area contributed by atoms with Gasteiger partial charge in [0.2, 0.25) is 0 Å². The van der Waals surface area contributed by atoms with Crippen molar-refractivity contribution < 1.29 is 0 Å². The van der Waals surface area contributed by atoms with Gasteiger partial charge in [-0.05, 0) is 25.2 Å². The molecule has 2 heterocycles. The first-order chi connectivity index (χ1) is 9.38. The van der Waals surface area contributed by atoms with Crippen LogP contribution in [0.1, 0.15) is 74.6 Å². The zero-order chi connectivity index (χ0) is 12.8. The predicted octanol–water partition coefficient (Wildman–Crippen LogP) is 3.16. The zero-order valence-electron chi connectivity index (χ0n) is 12.0. The minimum Gasteiger partial charge on any atom is -0.328 e. The molecule has 3 nitrogen and oxygen atoms in total. The molecule has 1 aromatic heterocycles. The maximum atomic E-state index is 5.06. The molecule has 1 aliphatic heterocycles. The normalized spacial score (nSPS) is 30.6. The number of aromatic nitrogens is 2. The van der Waals surface area contributed by atoms with Crippen molar-refractivity contribution in [2.45, 2.75) is 70.4 Å². The van der Waals surface area contributed by atoms with E-state index in [2.05, 4.69) is 16.8 Å². The van der Waals surface area contributed by atoms with Crippen molar-refractivity contribution in [1.29, 1.82) is 0 Å². The molecule has 3 heteroatoms. The van der Waals surface area contributed by atoms with Gasteiger partial charge in [-0.2, -0.15) is 0 Å². The second-order valence-corrected chi connectivity index (χ2v) is 6.61. The molecule has 2 aliphatic carbocycles. The van der Waals surface area contributed by atoms with Crippen LogP contribution in [0.25, 0.3) is 0 Å². The van der Waals surface area contributed by atoms with Gasteiger partial charge in [-0.1, -0.05) is 26.2 Å². The predicted molar refractivity (Wildman–Crippen MR) is 76.3 cm³/mol. The molecule has 3 aliphatic rings. The van der Waals surface area contributed by atoms with E-state index in [-0.39, 0.29) is 0 Å². The molecule has 0 radical (unpaired) electrons. The van der Waals surface area contributed by atoms with Gasteiger partial charge in [0.25, 0.3) is 0 Å². The highest BCUT2D eigenvalue weighted by atomic mass is 15.2. The van der Waals surface area contributed by atoms with E-state index in [4.69, 9.17) is 4.98 Å². The maximum absolute atomic E-state index is 5.06. The maximum Gasteiger partial charge on any atom is 0.112 e. The van der Waals surface area contributed by atoms with Crippen molar-refractivity contribution in [3.8, 4) is 0 Å². The number of rotatable bonds is 3. The highest BCUT2D eigenvalue weighted by Crippen LogP contribution is 2.49. The summed E-state index contributed by atoms with van der Waals surface area (Å²) in [5, 5.41) is 3.48. The Labute approximate surface area is 115 Å². The fourth-order valence-corrected chi connectivity index (χ4v) is 4.18. The first-order valence-electron chi connectivity index (χ1n) is 8.19. The SMILES string of the molecule is CCC1CC1n1c(C2CCCC2)nc2c1CCNC2. The number of hydrogen-bond donors (Lipinski definition) is 1. The van der Waals surface area contributed by atoms with Crippen LogP contribution in [0.4, 0.5) is 0 Å². The summed E-state index contributed by atoms with van der Waals surface area (Å²) in [6.45, 7) is 4.46. The van der Waals surface area contributed by atoms with Crippen LogP contribution in [-0.4, -0.2) is 16.1 Å². The van der Waals surface area contributed by atoms with Crippen molar-refractivity contribution in [1.82, 2.24) is 14.9 Å². The number of nitrogens with one attached hydrogen (secondary N) is 1. The van der Waals surface area contributed by atoms with Crippen LogP contribution in [-0.2, 0) is 13.0 Å². The number of imidazole rings is 1. The third kappa shape index (κ3) is 1.94. The molecule has 2 fully saturated rings. The highest BCUT2D eigenvalue weighted by molar-refractivity contribution is 5.25. The summed E-state index contributed by atoms with van der Waals surface area (Å²) in [5.41, 5.74) is 2.93. The molecular weight excluding hydrogens is 234 g/mol. The Balaban J connectivity index is 1.74. The lowest BCUT2D eigenvalue weighted by atomic mass is 10.1. The lowest BCUT2D eigenvalue weighted by Crippen LogP contribution is -2.25. The van der Waals surface area contributed by atoms with Gasteiger partial charge in [0, 0.05) is 37.2 Å². The second-order valence-electron chi connectivity index (χ2n) is 6.61. The molecule has 4 rings (SSSR count). The molecule has 1 N–H and O–H groups in total. The number of nitrogens with zero attached hydrogens (tertiary/aromatic N) is 2. The van der Waals surface area contributed by atoms with Crippen molar-refractivity contribution in [3.63, 3.8) is 0 Å². The largest absolute Gasteiger partial charge is 0.328 e. The van der Waals surface area contributed by atoms with Crippen LogP contribution in [0.2, 0.25) is 0 Å². The molecule has 0 spiro atoms. The number of hydrogen-bond acceptors (Lipinski definition) is 2. The minimum atomic E-state index is 0.753. The van der Waals surface area contributed by atoms with Gasteiger partial charge in [-0.25, -0.2) is 4.98 Å². The standard InChI is InChI=1S/C16H25N3/c1-2-11-9-15(11)19-14-7-8-17-10-13(14)18-16(19)12-5-3-4-6-12/h11-12,15,17H,2-10H2,1H3. The van der Waals surface area contributed by atoms with Crippen LogP contribution in [0.5, 0.6) is 0 Å². The van der Waals surface area contributed by atoms with Crippen molar-refractivity contribution in [3.05, 3.63) is 17.2 Å². The second kappa shape index (κ2) is 4.62. The lowest BCUT2D eigenvalue weighted by molar-refractivity contribution is 0.534. The van der Waals surface area contributed by atoms with E-state index in [1.54, 1.807) is 5.69 Å². The number of fused-ring (bicyclic) bond motifs is 1. The summed E-state index contributed by atoms with van der Waals surface area (Å²) in [6.07, 6.45) is 9.46. The van der Waals surface area contributed by atoms with Gasteiger partial charge in [-0.3, -0.25) is 0 Å². The summed E-state index contributed by atoms with van der Waals surface area (Å²) >= 11 is 0. The average Bonchev–Trinajstić information content (AvgIpc) is 2.90. The van der Waals surface area contributed by atoms with E-state index in [0.717, 1.165) is 31.0 Å². The fourth-order valence-electron chi connectivity index (χ4n) is 4.18. The average molecular weight is 259 g/mol. The van der Waals surface area contributed by atoms with E-state index >= 15 is 0 Å². The summed E-state index contributed by atoms with van der Waals surface area (Å²) in [4.78, 5) is 5.06. The fraction of sp³-hybridized carbons (Fsp3) is 0.812. The third-order valence-electron chi connectivity index (χ3n) is 5.41. The Bertz CT molecular complexity index is 471. The molecular formula is C16H25N3. The molecule has 0 bridgehead atoms. The minimum absolute atomic E-state index is 0.753. The van der Waals surface area contributed by atoms with E-state index < -0.39 is 0 Å². The van der Waals surface area contributed by atoms with Gasteiger partial charge in [0.15, 0.2) is 0 Å². The summed E-state index contributed by atoms with van der Waals surface area (Å²) < 4.78 is 2.69. The molecule has 0 saturated heterocycles. The van der Waals surface area contributed by atoms with Gasteiger partial charge in [0.1, 0.15) is 5.82 Å². The molecule has 19 heavy (non-hydrogen) atoms. The van der Waals surface area contributed by atoms with E-state index in [0.29, 0.717) is 0 Å². The third-order valence-corrected chi connectivity index (χ3v) is 5.41. The summed E-state index contributed by atoms with van der Waals surface area (Å²) in [5.74, 6) is 3.13. The molecule has 2 atom stereocenters. The smallest absolute Gasteiger partial charge is 0.112 e. The molecule has 104 valence electrons. The van der Waals surface area contributed by atoms with Crippen LogP contribution < -0.4 is 5.32 Å². The first-order valence-corrected chi connectivity index (χ1v) is 8.19. The van der Waals surface area contributed by atoms with Crippen molar-refractivity contribution in [2.75, 3.05) is 6.54 Å². The van der Waals surface area contributed by atoms with Crippen molar-refractivity contribution in [2.24, 2.45) is 5.92 Å². The Hall–Kier alpha value is -0.830. The van der Waals surface area contributed by atoms with Gasteiger partial charge >= 0.3 is 0 Å². The lowest BCUT2D eigenvalue weighted by Gasteiger charge is -2.18. The molecule has 1 aromatic rings. The quantitative estimate of drug-likeness (QED) is 0.903. The van der Waals surface area contributed by atoms with Gasteiger partial charge in [-0.15, -0.1) is 0 Å². The Kier molecular flexibility index (Phi) is 2.91. The van der Waals surface area contributed by atoms with Crippen LogP contribution in [0.3, 0.4) is 0 Å². The molecule has 0 aromatic carbocycles. The zero-order valence-corrected chi connectivity index (χ0v) is 12.0. The summed E-state index contributed by atoms with van der Waals surface area (Å²) in [6, 6.07) is 0.787. The Morgan fingerprint density at radius 2 is 2.16 bits per heavy atom. The molecule has 2 unspecified atom stereocenters. The van der Waals surface area contributed by atoms with Gasteiger partial charge < -0.3 is 9.88 Å². The van der Waals surface area contributed by atoms with E-state index in [1.807, 2.05) is 0 Å². The summed E-state index contributed by atoms with van der Waals surface area (Å²) in [7, 11) is 0. The topological polar surface area (TPSA) is 29.9 Å². The van der Waals surface area contributed by atoms with Crippen LogP contribution in [0, 0.1) is 5.92 Å². The molecule has 2 saturated carbocycles.